The molecule has 108 valence electrons. The van der Waals surface area contributed by atoms with E-state index in [0.29, 0.717) is 12.1 Å². The predicted molar refractivity (Wildman–Crippen MR) is 80.9 cm³/mol. The molecule has 1 fully saturated rings. The maximum absolute atomic E-state index is 6.04. The minimum Gasteiger partial charge on any atom is -0.459 e. The minimum absolute atomic E-state index is 0.211. The first-order valence-corrected chi connectivity index (χ1v) is 7.47. The Morgan fingerprint density at radius 3 is 2.85 bits per heavy atom. The van der Waals surface area contributed by atoms with Crippen molar-refractivity contribution in [3.63, 3.8) is 0 Å². The maximum Gasteiger partial charge on any atom is 0.134 e. The van der Waals surface area contributed by atoms with Crippen molar-refractivity contribution in [3.8, 4) is 0 Å². The van der Waals surface area contributed by atoms with Gasteiger partial charge in [-0.1, -0.05) is 18.2 Å². The second-order valence-corrected chi connectivity index (χ2v) is 5.79. The van der Waals surface area contributed by atoms with E-state index in [9.17, 15) is 0 Å². The molecule has 1 N–H and O–H groups in total. The van der Waals surface area contributed by atoms with Gasteiger partial charge in [0.1, 0.15) is 11.3 Å². The molecule has 1 heterocycles. The van der Waals surface area contributed by atoms with Gasteiger partial charge in [0.2, 0.25) is 0 Å². The van der Waals surface area contributed by atoms with E-state index in [1.54, 1.807) is 0 Å². The number of furan rings is 1. The van der Waals surface area contributed by atoms with Crippen molar-refractivity contribution in [2.24, 2.45) is 0 Å². The van der Waals surface area contributed by atoms with Gasteiger partial charge >= 0.3 is 0 Å². The largest absolute Gasteiger partial charge is 0.459 e. The van der Waals surface area contributed by atoms with Gasteiger partial charge in [0.25, 0.3) is 0 Å². The number of rotatable bonds is 4. The molecule has 3 unspecified atom stereocenters. The summed E-state index contributed by atoms with van der Waals surface area (Å²) in [6.45, 7) is 4.32. The lowest BCUT2D eigenvalue weighted by molar-refractivity contribution is 0.0810. The number of nitrogens with one attached hydrogen (secondary N) is 1. The molecule has 3 nitrogen and oxygen atoms in total. The van der Waals surface area contributed by atoms with Crippen LogP contribution in [0, 0.1) is 6.92 Å². The minimum atomic E-state index is 0.211. The van der Waals surface area contributed by atoms with E-state index in [4.69, 9.17) is 9.15 Å². The molecule has 1 saturated carbocycles. The first-order valence-electron chi connectivity index (χ1n) is 7.47. The Labute approximate surface area is 120 Å². The molecular formula is C17H23NO2. The summed E-state index contributed by atoms with van der Waals surface area (Å²) in [4.78, 5) is 0. The monoisotopic (exact) mass is 273 g/mol. The topological polar surface area (TPSA) is 34.4 Å². The number of hydrogen-bond acceptors (Lipinski definition) is 3. The van der Waals surface area contributed by atoms with Crippen LogP contribution >= 0.6 is 0 Å². The number of methoxy groups -OCH3 is 1. The van der Waals surface area contributed by atoms with Gasteiger partial charge in [-0.15, -0.1) is 0 Å². The van der Waals surface area contributed by atoms with E-state index in [1.165, 1.54) is 23.8 Å². The summed E-state index contributed by atoms with van der Waals surface area (Å²) in [5, 5.41) is 4.89. The number of fused-ring (bicyclic) bond motifs is 1. The molecule has 3 atom stereocenters. The molecule has 20 heavy (non-hydrogen) atoms. The Kier molecular flexibility index (Phi) is 3.81. The van der Waals surface area contributed by atoms with E-state index in [1.807, 2.05) is 19.2 Å². The molecule has 1 aromatic heterocycles. The van der Waals surface area contributed by atoms with Crippen LogP contribution in [0.1, 0.15) is 43.6 Å². The fraction of sp³-hybridized carbons (Fsp3) is 0.529. The lowest BCUT2D eigenvalue weighted by Gasteiger charge is -2.23. The average molecular weight is 273 g/mol. The summed E-state index contributed by atoms with van der Waals surface area (Å²) in [6, 6.07) is 8.88. The van der Waals surface area contributed by atoms with Gasteiger partial charge in [-0.2, -0.15) is 0 Å². The molecule has 1 aromatic carbocycles. The summed E-state index contributed by atoms with van der Waals surface area (Å²) in [5.74, 6) is 1.05. The van der Waals surface area contributed by atoms with Crippen molar-refractivity contribution in [1.82, 2.24) is 5.32 Å². The summed E-state index contributed by atoms with van der Waals surface area (Å²) in [5.41, 5.74) is 2.22. The van der Waals surface area contributed by atoms with Gasteiger partial charge in [0.05, 0.1) is 12.1 Å². The normalized spacial score (nSPS) is 24.4. The smallest absolute Gasteiger partial charge is 0.134 e. The molecular weight excluding hydrogens is 250 g/mol. The molecule has 1 aliphatic carbocycles. The SMILES string of the molecule is COC1CCCC1NC(C)c1oc2ccccc2c1C. The van der Waals surface area contributed by atoms with Crippen molar-refractivity contribution >= 4 is 11.0 Å². The molecule has 2 aromatic rings. The van der Waals surface area contributed by atoms with Crippen LogP contribution < -0.4 is 5.32 Å². The van der Waals surface area contributed by atoms with E-state index < -0.39 is 0 Å². The zero-order valence-corrected chi connectivity index (χ0v) is 12.5. The molecule has 1 aliphatic rings. The quantitative estimate of drug-likeness (QED) is 0.915. The van der Waals surface area contributed by atoms with Crippen LogP contribution in [0.5, 0.6) is 0 Å². The van der Waals surface area contributed by atoms with Crippen molar-refractivity contribution in [2.45, 2.75) is 51.3 Å². The molecule has 3 heteroatoms. The number of ether oxygens (including phenoxy) is 1. The van der Waals surface area contributed by atoms with E-state index in [2.05, 4.69) is 31.3 Å². The van der Waals surface area contributed by atoms with Gasteiger partial charge in [-0.25, -0.2) is 0 Å². The first-order chi connectivity index (χ1) is 9.70. The van der Waals surface area contributed by atoms with Crippen molar-refractivity contribution in [2.75, 3.05) is 7.11 Å². The second kappa shape index (κ2) is 5.58. The summed E-state index contributed by atoms with van der Waals surface area (Å²) in [7, 11) is 1.81. The molecule has 0 saturated heterocycles. The molecule has 0 amide bonds. The maximum atomic E-state index is 6.04. The summed E-state index contributed by atoms with van der Waals surface area (Å²) < 4.78 is 11.6. The van der Waals surface area contributed by atoms with Crippen LogP contribution in [0.25, 0.3) is 11.0 Å². The van der Waals surface area contributed by atoms with Gasteiger partial charge in [0, 0.05) is 18.5 Å². The highest BCUT2D eigenvalue weighted by Gasteiger charge is 2.29. The van der Waals surface area contributed by atoms with Crippen molar-refractivity contribution in [1.29, 1.82) is 0 Å². The van der Waals surface area contributed by atoms with Crippen LogP contribution in [0.3, 0.4) is 0 Å². The summed E-state index contributed by atoms with van der Waals surface area (Å²) in [6.07, 6.45) is 3.91. The highest BCUT2D eigenvalue weighted by molar-refractivity contribution is 5.82. The highest BCUT2D eigenvalue weighted by Crippen LogP contribution is 2.31. The highest BCUT2D eigenvalue weighted by atomic mass is 16.5. The Bertz CT molecular complexity index is 590. The number of para-hydroxylation sites is 1. The average Bonchev–Trinajstić information content (AvgIpc) is 3.04. The van der Waals surface area contributed by atoms with Crippen LogP contribution in [0.15, 0.2) is 28.7 Å². The molecule has 3 rings (SSSR count). The van der Waals surface area contributed by atoms with Crippen molar-refractivity contribution < 1.29 is 9.15 Å². The van der Waals surface area contributed by atoms with Gasteiger partial charge in [0.15, 0.2) is 0 Å². The van der Waals surface area contributed by atoms with Crippen LogP contribution in [0.4, 0.5) is 0 Å². The van der Waals surface area contributed by atoms with Gasteiger partial charge in [-0.05, 0) is 44.7 Å². The van der Waals surface area contributed by atoms with Crippen molar-refractivity contribution in [3.05, 3.63) is 35.6 Å². The Morgan fingerprint density at radius 1 is 1.30 bits per heavy atom. The van der Waals surface area contributed by atoms with E-state index in [-0.39, 0.29) is 6.04 Å². The number of benzene rings is 1. The number of hydrogen-bond donors (Lipinski definition) is 1. The predicted octanol–water partition coefficient (Wildman–Crippen LogP) is 3.96. The van der Waals surface area contributed by atoms with E-state index >= 15 is 0 Å². The zero-order chi connectivity index (χ0) is 14.1. The Hall–Kier alpha value is -1.32. The number of aryl methyl sites for hydroxylation is 1. The zero-order valence-electron chi connectivity index (χ0n) is 12.5. The van der Waals surface area contributed by atoms with E-state index in [0.717, 1.165) is 17.8 Å². The molecule has 0 bridgehead atoms. The molecule has 0 radical (unpaired) electrons. The molecule has 0 aliphatic heterocycles. The van der Waals surface area contributed by atoms with Gasteiger partial charge in [-0.3, -0.25) is 0 Å². The van der Waals surface area contributed by atoms with Gasteiger partial charge < -0.3 is 14.5 Å². The Morgan fingerprint density at radius 2 is 2.10 bits per heavy atom. The Balaban J connectivity index is 1.82. The third kappa shape index (κ3) is 2.36. The van der Waals surface area contributed by atoms with Crippen LogP contribution in [-0.2, 0) is 4.74 Å². The third-order valence-electron chi connectivity index (χ3n) is 4.49. The molecule has 0 spiro atoms. The summed E-state index contributed by atoms with van der Waals surface area (Å²) >= 11 is 0. The third-order valence-corrected chi connectivity index (χ3v) is 4.49. The first kappa shape index (κ1) is 13.7. The fourth-order valence-electron chi connectivity index (χ4n) is 3.40. The lowest BCUT2D eigenvalue weighted by atomic mass is 10.1. The van der Waals surface area contributed by atoms with Crippen LogP contribution in [0.2, 0.25) is 0 Å². The standard InChI is InChI=1S/C17H23NO2/c1-11-13-7-4-5-9-15(13)20-17(11)12(2)18-14-8-6-10-16(14)19-3/h4-5,7,9,12,14,16,18H,6,8,10H2,1-3H3. The lowest BCUT2D eigenvalue weighted by Crippen LogP contribution is -2.38. The van der Waals surface area contributed by atoms with Crippen LogP contribution in [-0.4, -0.2) is 19.3 Å². The fourth-order valence-corrected chi connectivity index (χ4v) is 3.40. The second-order valence-electron chi connectivity index (χ2n) is 5.79.